The Morgan fingerprint density at radius 1 is 1.43 bits per heavy atom. The van der Waals surface area contributed by atoms with E-state index >= 15 is 0 Å². The molecule has 74 valence electrons. The topological polar surface area (TPSA) is 12.4 Å². The van der Waals surface area contributed by atoms with Gasteiger partial charge in [-0.3, -0.25) is 0 Å². The highest BCUT2D eigenvalue weighted by Crippen LogP contribution is 2.12. The second-order valence-electron chi connectivity index (χ2n) is 3.44. The van der Waals surface area contributed by atoms with Gasteiger partial charge in [-0.25, -0.2) is 0 Å². The fourth-order valence-electron chi connectivity index (χ4n) is 1.48. The van der Waals surface area contributed by atoms with Gasteiger partial charge < -0.3 is 4.99 Å². The number of hydrogen-bond donors (Lipinski definition) is 0. The first kappa shape index (κ1) is 10.7. The van der Waals surface area contributed by atoms with E-state index in [0.717, 1.165) is 6.42 Å². The largest absolute Gasteiger partial charge is 0.300 e. The molecule has 0 aliphatic heterocycles. The number of rotatable bonds is 4. The van der Waals surface area contributed by atoms with Crippen molar-refractivity contribution in [1.82, 2.24) is 0 Å². The van der Waals surface area contributed by atoms with E-state index in [1.807, 2.05) is 12.3 Å². The van der Waals surface area contributed by atoms with Crippen LogP contribution in [0.1, 0.15) is 11.1 Å². The maximum absolute atomic E-state index is 4.04. The molecule has 1 heteroatoms. The van der Waals surface area contributed by atoms with Gasteiger partial charge in [-0.2, -0.15) is 0 Å². The first-order valence-corrected chi connectivity index (χ1v) is 4.87. The predicted molar refractivity (Wildman–Crippen MR) is 63.0 cm³/mol. The summed E-state index contributed by atoms with van der Waals surface area (Å²) in [6.07, 6.45) is 4.88. The molecule has 0 N–H and O–H groups in total. The van der Waals surface area contributed by atoms with Crippen molar-refractivity contribution < 1.29 is 0 Å². The number of allylic oxidation sites excluding steroid dienone is 1. The second kappa shape index (κ2) is 5.38. The molecule has 1 aromatic rings. The fourth-order valence-corrected chi connectivity index (χ4v) is 1.48. The summed E-state index contributed by atoms with van der Waals surface area (Å²) in [5.74, 6) is 0.348. The highest BCUT2D eigenvalue weighted by molar-refractivity contribution is 5.63. The zero-order chi connectivity index (χ0) is 10.4. The van der Waals surface area contributed by atoms with Crippen molar-refractivity contribution in [2.45, 2.75) is 13.3 Å². The van der Waals surface area contributed by atoms with Crippen LogP contribution in [-0.2, 0) is 6.42 Å². The monoisotopic (exact) mass is 187 g/mol. The SMILES string of the molecule is C=CC(C=NC)Cc1ccccc1C. The highest BCUT2D eigenvalue weighted by atomic mass is 14.6. The Balaban J connectivity index is 2.76. The molecule has 1 unspecified atom stereocenters. The lowest BCUT2D eigenvalue weighted by atomic mass is 9.97. The van der Waals surface area contributed by atoms with Crippen molar-refractivity contribution in [1.29, 1.82) is 0 Å². The van der Waals surface area contributed by atoms with Crippen LogP contribution < -0.4 is 0 Å². The lowest BCUT2D eigenvalue weighted by Crippen LogP contribution is -2.03. The predicted octanol–water partition coefficient (Wildman–Crippen LogP) is 3.04. The van der Waals surface area contributed by atoms with E-state index in [9.17, 15) is 0 Å². The Morgan fingerprint density at radius 2 is 2.14 bits per heavy atom. The summed E-state index contributed by atoms with van der Waals surface area (Å²) in [6.45, 7) is 5.95. The minimum Gasteiger partial charge on any atom is -0.300 e. The van der Waals surface area contributed by atoms with E-state index in [4.69, 9.17) is 0 Å². The molecule has 1 rings (SSSR count). The standard InChI is InChI=1S/C13H17N/c1-4-12(10-14-3)9-13-8-6-5-7-11(13)2/h4-8,10,12H,1,9H2,2-3H3. The first-order valence-electron chi connectivity index (χ1n) is 4.87. The molecular formula is C13H17N. The van der Waals surface area contributed by atoms with Crippen LogP contribution in [0.4, 0.5) is 0 Å². The van der Waals surface area contributed by atoms with Crippen molar-refractivity contribution in [3.8, 4) is 0 Å². The van der Waals surface area contributed by atoms with Crippen LogP contribution in [0.3, 0.4) is 0 Å². The Bertz CT molecular complexity index is 326. The number of benzene rings is 1. The maximum Gasteiger partial charge on any atom is 0.0273 e. The molecule has 1 atom stereocenters. The molecule has 0 fully saturated rings. The summed E-state index contributed by atoms with van der Waals surface area (Å²) in [6, 6.07) is 8.44. The molecular weight excluding hydrogens is 170 g/mol. The van der Waals surface area contributed by atoms with Crippen LogP contribution in [0, 0.1) is 12.8 Å². The van der Waals surface area contributed by atoms with Crippen LogP contribution in [-0.4, -0.2) is 13.3 Å². The minimum atomic E-state index is 0.348. The number of nitrogens with zero attached hydrogens (tertiary/aromatic N) is 1. The number of aryl methyl sites for hydroxylation is 1. The van der Waals surface area contributed by atoms with Crippen LogP contribution in [0.5, 0.6) is 0 Å². The highest BCUT2D eigenvalue weighted by Gasteiger charge is 2.03. The van der Waals surface area contributed by atoms with Crippen molar-refractivity contribution in [2.75, 3.05) is 7.05 Å². The van der Waals surface area contributed by atoms with Crippen molar-refractivity contribution >= 4 is 6.21 Å². The van der Waals surface area contributed by atoms with Crippen molar-refractivity contribution in [3.63, 3.8) is 0 Å². The molecule has 1 nitrogen and oxygen atoms in total. The van der Waals surface area contributed by atoms with Gasteiger partial charge in [0.25, 0.3) is 0 Å². The summed E-state index contributed by atoms with van der Waals surface area (Å²) in [4.78, 5) is 4.04. The summed E-state index contributed by atoms with van der Waals surface area (Å²) in [7, 11) is 1.80. The molecule has 0 aromatic heterocycles. The molecule has 0 spiro atoms. The summed E-state index contributed by atoms with van der Waals surface area (Å²) in [5, 5.41) is 0. The smallest absolute Gasteiger partial charge is 0.0273 e. The molecule has 0 saturated carbocycles. The normalized spacial score (nSPS) is 13.0. The van der Waals surface area contributed by atoms with E-state index in [1.54, 1.807) is 7.05 Å². The van der Waals surface area contributed by atoms with E-state index in [-0.39, 0.29) is 0 Å². The van der Waals surface area contributed by atoms with Gasteiger partial charge in [0.05, 0.1) is 0 Å². The summed E-state index contributed by atoms with van der Waals surface area (Å²) in [5.41, 5.74) is 2.71. The van der Waals surface area contributed by atoms with Crippen LogP contribution in [0.2, 0.25) is 0 Å². The van der Waals surface area contributed by atoms with Gasteiger partial charge in [-0.1, -0.05) is 30.3 Å². The lowest BCUT2D eigenvalue weighted by Gasteiger charge is -2.09. The van der Waals surface area contributed by atoms with Gasteiger partial charge in [0.2, 0.25) is 0 Å². The van der Waals surface area contributed by atoms with Crippen LogP contribution >= 0.6 is 0 Å². The van der Waals surface area contributed by atoms with Gasteiger partial charge in [-0.15, -0.1) is 6.58 Å². The molecule has 0 radical (unpaired) electrons. The van der Waals surface area contributed by atoms with Gasteiger partial charge in [0, 0.05) is 19.2 Å². The van der Waals surface area contributed by atoms with E-state index in [2.05, 4.69) is 42.8 Å². The Morgan fingerprint density at radius 3 is 2.71 bits per heavy atom. The lowest BCUT2D eigenvalue weighted by molar-refractivity contribution is 0.859. The zero-order valence-electron chi connectivity index (χ0n) is 8.90. The molecule has 1 aromatic carbocycles. The van der Waals surface area contributed by atoms with Crippen LogP contribution in [0.15, 0.2) is 41.9 Å². The van der Waals surface area contributed by atoms with E-state index < -0.39 is 0 Å². The summed E-state index contributed by atoms with van der Waals surface area (Å²) >= 11 is 0. The summed E-state index contributed by atoms with van der Waals surface area (Å²) < 4.78 is 0. The average Bonchev–Trinajstić information content (AvgIpc) is 2.20. The van der Waals surface area contributed by atoms with E-state index in [0.29, 0.717) is 5.92 Å². The molecule has 0 saturated heterocycles. The van der Waals surface area contributed by atoms with Crippen molar-refractivity contribution in [2.24, 2.45) is 10.9 Å². The van der Waals surface area contributed by atoms with Gasteiger partial charge in [0.15, 0.2) is 0 Å². The minimum absolute atomic E-state index is 0.348. The first-order chi connectivity index (χ1) is 6.77. The molecule has 0 amide bonds. The molecule has 0 bridgehead atoms. The van der Waals surface area contributed by atoms with Gasteiger partial charge >= 0.3 is 0 Å². The van der Waals surface area contributed by atoms with Gasteiger partial charge in [-0.05, 0) is 24.5 Å². The second-order valence-corrected chi connectivity index (χ2v) is 3.44. The number of aliphatic imine (C=N–C) groups is 1. The maximum atomic E-state index is 4.04. The molecule has 14 heavy (non-hydrogen) atoms. The van der Waals surface area contributed by atoms with Crippen molar-refractivity contribution in [3.05, 3.63) is 48.0 Å². The molecule has 0 aliphatic rings. The van der Waals surface area contributed by atoms with Crippen LogP contribution in [0.25, 0.3) is 0 Å². The zero-order valence-corrected chi connectivity index (χ0v) is 8.90. The van der Waals surface area contributed by atoms with Gasteiger partial charge in [0.1, 0.15) is 0 Å². The average molecular weight is 187 g/mol. The third-order valence-corrected chi connectivity index (χ3v) is 2.36. The van der Waals surface area contributed by atoms with E-state index in [1.165, 1.54) is 11.1 Å². The fraction of sp³-hybridized carbons (Fsp3) is 0.308. The Labute approximate surface area is 86.2 Å². The Hall–Kier alpha value is -1.37. The number of hydrogen-bond acceptors (Lipinski definition) is 1. The third kappa shape index (κ3) is 2.84. The third-order valence-electron chi connectivity index (χ3n) is 2.36. The molecule has 0 aliphatic carbocycles. The molecule has 0 heterocycles. The quantitative estimate of drug-likeness (QED) is 0.507. The Kier molecular flexibility index (Phi) is 4.11.